The van der Waals surface area contributed by atoms with Crippen LogP contribution in [0.3, 0.4) is 0 Å². The average Bonchev–Trinajstić information content (AvgIpc) is 2.45. The monoisotopic (exact) mass is 301 g/mol. The summed E-state index contributed by atoms with van der Waals surface area (Å²) in [5, 5.41) is 8.29. The van der Waals surface area contributed by atoms with Crippen LogP contribution in [0.25, 0.3) is 0 Å². The molecule has 0 saturated carbocycles. The van der Waals surface area contributed by atoms with Crippen molar-refractivity contribution in [1.82, 2.24) is 0 Å². The zero-order valence-corrected chi connectivity index (χ0v) is 13.3. The van der Waals surface area contributed by atoms with Crippen LogP contribution in [0.15, 0.2) is 42.5 Å². The number of aryl methyl sites for hydroxylation is 1. The van der Waals surface area contributed by atoms with E-state index in [2.05, 4.69) is 24.0 Å². The van der Waals surface area contributed by atoms with Gasteiger partial charge in [-0.15, -0.1) is 0 Å². The second kappa shape index (κ2) is 6.19. The molecular formula is C17H20ClN3. The summed E-state index contributed by atoms with van der Waals surface area (Å²) in [6, 6.07) is 14.0. The van der Waals surface area contributed by atoms with Gasteiger partial charge in [0.2, 0.25) is 0 Å². The van der Waals surface area contributed by atoms with Gasteiger partial charge in [0.15, 0.2) is 0 Å². The standard InChI is InChI=1S/C17H20ClN3/c1-11-9-15(7-8-16(11)17(19)20)21(3)12(2)13-5-4-6-14(18)10-13/h4-10,12H,1-3H3,(H3,19,20). The number of anilines is 1. The zero-order chi connectivity index (χ0) is 15.6. The summed E-state index contributed by atoms with van der Waals surface area (Å²) in [5.41, 5.74) is 9.60. The van der Waals surface area contributed by atoms with E-state index in [0.717, 1.165) is 21.8 Å². The Bertz CT molecular complexity index is 667. The number of rotatable bonds is 4. The zero-order valence-electron chi connectivity index (χ0n) is 12.5. The van der Waals surface area contributed by atoms with E-state index in [1.807, 2.05) is 44.3 Å². The molecule has 3 N–H and O–H groups in total. The molecule has 0 fully saturated rings. The maximum absolute atomic E-state index is 7.55. The topological polar surface area (TPSA) is 53.1 Å². The number of nitrogen functional groups attached to an aromatic ring is 1. The molecule has 0 aliphatic heterocycles. The van der Waals surface area contributed by atoms with Gasteiger partial charge in [-0.3, -0.25) is 5.41 Å². The second-order valence-corrected chi connectivity index (χ2v) is 5.69. The van der Waals surface area contributed by atoms with Crippen LogP contribution in [0.5, 0.6) is 0 Å². The van der Waals surface area contributed by atoms with Crippen molar-refractivity contribution in [2.45, 2.75) is 19.9 Å². The molecule has 3 nitrogen and oxygen atoms in total. The van der Waals surface area contributed by atoms with Crippen LogP contribution in [-0.2, 0) is 0 Å². The van der Waals surface area contributed by atoms with Crippen molar-refractivity contribution in [3.63, 3.8) is 0 Å². The Hall–Kier alpha value is -2.00. The molecule has 21 heavy (non-hydrogen) atoms. The summed E-state index contributed by atoms with van der Waals surface area (Å²) in [4.78, 5) is 2.18. The second-order valence-electron chi connectivity index (χ2n) is 5.25. The van der Waals surface area contributed by atoms with Crippen molar-refractivity contribution in [2.75, 3.05) is 11.9 Å². The van der Waals surface area contributed by atoms with E-state index in [1.54, 1.807) is 0 Å². The number of hydrogen-bond donors (Lipinski definition) is 2. The summed E-state index contributed by atoms with van der Waals surface area (Å²) in [5.74, 6) is 0.101. The highest BCUT2D eigenvalue weighted by molar-refractivity contribution is 6.30. The summed E-state index contributed by atoms with van der Waals surface area (Å²) in [7, 11) is 2.05. The molecule has 4 heteroatoms. The third-order valence-electron chi connectivity index (χ3n) is 3.82. The van der Waals surface area contributed by atoms with Gasteiger partial charge in [0.1, 0.15) is 5.84 Å². The van der Waals surface area contributed by atoms with E-state index in [-0.39, 0.29) is 11.9 Å². The Balaban J connectivity index is 2.29. The number of nitrogens with zero attached hydrogens (tertiary/aromatic N) is 1. The molecule has 110 valence electrons. The number of benzene rings is 2. The predicted octanol–water partition coefficient (Wildman–Crippen LogP) is 4.13. The third kappa shape index (κ3) is 3.37. The first-order valence-electron chi connectivity index (χ1n) is 6.83. The van der Waals surface area contributed by atoms with Crippen molar-refractivity contribution in [2.24, 2.45) is 5.73 Å². The molecule has 0 saturated heterocycles. The number of hydrogen-bond acceptors (Lipinski definition) is 2. The molecule has 1 atom stereocenters. The molecule has 0 bridgehead atoms. The molecule has 0 aliphatic carbocycles. The summed E-state index contributed by atoms with van der Waals surface area (Å²) >= 11 is 6.06. The van der Waals surface area contributed by atoms with Crippen molar-refractivity contribution < 1.29 is 0 Å². The first-order chi connectivity index (χ1) is 9.90. The average molecular weight is 302 g/mol. The highest BCUT2D eigenvalue weighted by Crippen LogP contribution is 2.28. The summed E-state index contributed by atoms with van der Waals surface area (Å²) in [6.07, 6.45) is 0. The summed E-state index contributed by atoms with van der Waals surface area (Å²) in [6.45, 7) is 4.11. The number of nitrogens with one attached hydrogen (secondary N) is 1. The van der Waals surface area contributed by atoms with Crippen molar-refractivity contribution >= 4 is 23.1 Å². The van der Waals surface area contributed by atoms with Crippen LogP contribution < -0.4 is 10.6 Å². The van der Waals surface area contributed by atoms with Crippen LogP contribution in [0.1, 0.15) is 29.7 Å². The van der Waals surface area contributed by atoms with Gasteiger partial charge < -0.3 is 10.6 Å². The van der Waals surface area contributed by atoms with E-state index >= 15 is 0 Å². The minimum absolute atomic E-state index is 0.101. The molecule has 1 unspecified atom stereocenters. The lowest BCUT2D eigenvalue weighted by atomic mass is 10.0. The molecule has 0 aliphatic rings. The molecule has 2 rings (SSSR count). The van der Waals surface area contributed by atoms with Gasteiger partial charge in [-0.2, -0.15) is 0 Å². The Kier molecular flexibility index (Phi) is 4.53. The number of halogens is 1. The van der Waals surface area contributed by atoms with Crippen LogP contribution in [-0.4, -0.2) is 12.9 Å². The van der Waals surface area contributed by atoms with Crippen LogP contribution in [0.2, 0.25) is 5.02 Å². The Morgan fingerprint density at radius 1 is 1.24 bits per heavy atom. The normalized spacial score (nSPS) is 12.0. The highest BCUT2D eigenvalue weighted by Gasteiger charge is 2.14. The molecule has 2 aromatic carbocycles. The fourth-order valence-corrected chi connectivity index (χ4v) is 2.58. The third-order valence-corrected chi connectivity index (χ3v) is 4.05. The van der Waals surface area contributed by atoms with Gasteiger partial charge in [0.05, 0.1) is 6.04 Å². The Morgan fingerprint density at radius 3 is 2.52 bits per heavy atom. The van der Waals surface area contributed by atoms with Crippen molar-refractivity contribution in [3.8, 4) is 0 Å². The van der Waals surface area contributed by atoms with Gasteiger partial charge in [-0.1, -0.05) is 23.7 Å². The van der Waals surface area contributed by atoms with E-state index in [9.17, 15) is 0 Å². The largest absolute Gasteiger partial charge is 0.384 e. The van der Waals surface area contributed by atoms with Gasteiger partial charge >= 0.3 is 0 Å². The summed E-state index contributed by atoms with van der Waals surface area (Å²) < 4.78 is 0. The first kappa shape index (κ1) is 15.4. The highest BCUT2D eigenvalue weighted by atomic mass is 35.5. The molecule has 0 radical (unpaired) electrons. The van der Waals surface area contributed by atoms with Crippen molar-refractivity contribution in [1.29, 1.82) is 5.41 Å². The smallest absolute Gasteiger partial charge is 0.123 e. The minimum atomic E-state index is 0.101. The molecule has 2 aromatic rings. The van der Waals surface area contributed by atoms with E-state index < -0.39 is 0 Å². The van der Waals surface area contributed by atoms with Crippen LogP contribution in [0.4, 0.5) is 5.69 Å². The van der Waals surface area contributed by atoms with Gasteiger partial charge in [0, 0.05) is 23.3 Å². The molecule has 0 spiro atoms. The quantitative estimate of drug-likeness (QED) is 0.659. The number of nitrogens with two attached hydrogens (primary N) is 1. The fourth-order valence-electron chi connectivity index (χ4n) is 2.38. The lowest BCUT2D eigenvalue weighted by Crippen LogP contribution is -2.22. The molecule has 0 heterocycles. The Labute approximate surface area is 130 Å². The fraction of sp³-hybridized carbons (Fsp3) is 0.235. The maximum atomic E-state index is 7.55. The molecular weight excluding hydrogens is 282 g/mol. The maximum Gasteiger partial charge on any atom is 0.123 e. The van der Waals surface area contributed by atoms with Gasteiger partial charge in [-0.05, 0) is 55.3 Å². The Morgan fingerprint density at radius 2 is 1.95 bits per heavy atom. The lowest BCUT2D eigenvalue weighted by molar-refractivity contribution is 0.739. The van der Waals surface area contributed by atoms with E-state index in [0.29, 0.717) is 0 Å². The first-order valence-corrected chi connectivity index (χ1v) is 7.21. The van der Waals surface area contributed by atoms with Gasteiger partial charge in [0.25, 0.3) is 0 Å². The van der Waals surface area contributed by atoms with E-state index in [1.165, 1.54) is 5.56 Å². The van der Waals surface area contributed by atoms with Gasteiger partial charge in [-0.25, -0.2) is 0 Å². The minimum Gasteiger partial charge on any atom is -0.384 e. The van der Waals surface area contributed by atoms with Crippen molar-refractivity contribution in [3.05, 3.63) is 64.2 Å². The van der Waals surface area contributed by atoms with Crippen LogP contribution >= 0.6 is 11.6 Å². The SMILES string of the molecule is Cc1cc(N(C)C(C)c2cccc(Cl)c2)ccc1C(=N)N. The van der Waals surface area contributed by atoms with E-state index in [4.69, 9.17) is 22.7 Å². The number of amidine groups is 1. The molecule has 0 aromatic heterocycles. The van der Waals surface area contributed by atoms with Crippen LogP contribution in [0, 0.1) is 12.3 Å². The predicted molar refractivity (Wildman–Crippen MR) is 90.5 cm³/mol. The molecule has 0 amide bonds. The lowest BCUT2D eigenvalue weighted by Gasteiger charge is -2.28.